The summed E-state index contributed by atoms with van der Waals surface area (Å²) in [5.41, 5.74) is -3.77. The van der Waals surface area contributed by atoms with Crippen molar-refractivity contribution < 1.29 is 122 Å². The fourth-order valence-electron chi connectivity index (χ4n) is 17.0. The molecule has 4 aliphatic heterocycles. The summed E-state index contributed by atoms with van der Waals surface area (Å²) in [5, 5.41) is 93.6. The molecule has 4 fully saturated rings. The van der Waals surface area contributed by atoms with Gasteiger partial charge in [0.05, 0.1) is 61.4 Å². The van der Waals surface area contributed by atoms with E-state index >= 15 is 0 Å². The first-order valence-corrected chi connectivity index (χ1v) is 47.4. The molecule has 770 valence electrons. The average Bonchev–Trinajstić information content (AvgIpc) is 1.48. The normalized spacial score (nSPS) is 18.5. The van der Waals surface area contributed by atoms with Crippen molar-refractivity contribution in [2.24, 2.45) is 20.7 Å². The van der Waals surface area contributed by atoms with Gasteiger partial charge in [0.25, 0.3) is 0 Å². The summed E-state index contributed by atoms with van der Waals surface area (Å²) in [6, 6.07) is 29.4. The highest BCUT2D eigenvalue weighted by Gasteiger charge is 2.49. The molecule has 41 nitrogen and oxygen atoms in total. The van der Waals surface area contributed by atoms with Crippen LogP contribution in [-0.2, 0) is 107 Å². The second-order valence-electron chi connectivity index (χ2n) is 37.1. The molecule has 4 saturated heterocycles. The molecule has 4 aliphatic rings. The monoisotopic (exact) mass is 1960 g/mol. The molecule has 0 aromatic heterocycles. The molecule has 14 unspecified atom stereocenters. The van der Waals surface area contributed by atoms with E-state index in [9.17, 15) is 132 Å². The number of hydrogen-bond acceptors (Lipinski definition) is 37. The molecule has 0 aliphatic carbocycles. The van der Waals surface area contributed by atoms with Crippen LogP contribution in [0.2, 0.25) is 0 Å². The number of hydrogen-bond donors (Lipinski definition) is 10. The van der Waals surface area contributed by atoms with E-state index < -0.39 is 197 Å². The lowest BCUT2D eigenvalue weighted by Crippen LogP contribution is -2.56. The van der Waals surface area contributed by atoms with E-state index in [0.29, 0.717) is 116 Å². The van der Waals surface area contributed by atoms with Crippen LogP contribution in [-0.4, -0.2) is 330 Å². The van der Waals surface area contributed by atoms with Gasteiger partial charge in [0.1, 0.15) is 12.1 Å². The molecule has 8 rings (SSSR count). The maximum Gasteiger partial charge on any atom is 0.323 e. The lowest BCUT2D eigenvalue weighted by molar-refractivity contribution is -0.154. The van der Waals surface area contributed by atoms with E-state index in [1.54, 1.807) is 37.5 Å². The van der Waals surface area contributed by atoms with Gasteiger partial charge >= 0.3 is 11.9 Å². The van der Waals surface area contributed by atoms with E-state index in [0.717, 1.165) is 29.2 Å². The van der Waals surface area contributed by atoms with Gasteiger partial charge in [-0.25, -0.2) is 0 Å². The number of esters is 2. The first-order valence-electron chi connectivity index (χ1n) is 47.4. The number of amides is 4. The maximum absolute atomic E-state index is 13.4. The van der Waals surface area contributed by atoms with Gasteiger partial charge in [0.2, 0.25) is 69.4 Å². The topological polar surface area (TPSA) is 598 Å². The number of Topliss-reactive ketones (excluding diaryl/α,β-unsaturated/α-hetero) is 9. The van der Waals surface area contributed by atoms with Gasteiger partial charge in [0.15, 0.2) is 66.8 Å². The smallest absolute Gasteiger partial charge is 0.323 e. The van der Waals surface area contributed by atoms with Crippen molar-refractivity contribution in [2.75, 3.05) is 52.5 Å². The number of benzene rings is 4. The number of nitrogens with zero attached hydrogens (tertiary/aromatic N) is 10. The molecule has 41 heteroatoms. The van der Waals surface area contributed by atoms with Gasteiger partial charge in [-0.1, -0.05) is 146 Å². The molecular formula is C99H140N12O29. The van der Waals surface area contributed by atoms with Crippen LogP contribution in [0.4, 0.5) is 0 Å². The Hall–Kier alpha value is -11.3. The zero-order valence-electron chi connectivity index (χ0n) is 82.3. The van der Waals surface area contributed by atoms with E-state index in [4.69, 9.17) is 9.47 Å². The third-order valence-corrected chi connectivity index (χ3v) is 26.0. The van der Waals surface area contributed by atoms with Crippen molar-refractivity contribution in [1.82, 2.24) is 40.0 Å². The number of rotatable bonds is 53. The highest BCUT2D eigenvalue weighted by molar-refractivity contribution is 6.46. The van der Waals surface area contributed by atoms with Crippen LogP contribution in [0.1, 0.15) is 209 Å². The lowest BCUT2D eigenvalue weighted by Gasteiger charge is -2.38. The molecule has 4 heterocycles. The Balaban J connectivity index is 0.000000330. The summed E-state index contributed by atoms with van der Waals surface area (Å²) in [4.78, 5) is 244. The number of ketones is 9. The van der Waals surface area contributed by atoms with Crippen LogP contribution in [0.15, 0.2) is 142 Å². The number of nitroso groups, excluding NO2 is 4. The van der Waals surface area contributed by atoms with E-state index in [2.05, 4.69) is 31.3 Å². The summed E-state index contributed by atoms with van der Waals surface area (Å²) < 4.78 is 10.1. The van der Waals surface area contributed by atoms with Crippen LogP contribution >= 0.6 is 0 Å². The van der Waals surface area contributed by atoms with Crippen LogP contribution < -0.4 is 10.6 Å². The summed E-state index contributed by atoms with van der Waals surface area (Å²) in [5.74, 6) is -11.7. The molecule has 4 aromatic rings. The molecule has 0 spiro atoms. The van der Waals surface area contributed by atoms with Crippen molar-refractivity contribution >= 4 is 87.6 Å². The molecule has 0 saturated carbocycles. The van der Waals surface area contributed by atoms with Crippen molar-refractivity contribution in [3.8, 4) is 0 Å². The fraction of sp³-hybridized carbons (Fsp3) is 0.606. The summed E-state index contributed by atoms with van der Waals surface area (Å²) in [6.45, 7) is 19.3. The quantitative estimate of drug-likeness (QED) is 0.00941. The number of aliphatic hydroxyl groups is 8. The van der Waals surface area contributed by atoms with Crippen molar-refractivity contribution in [1.29, 1.82) is 0 Å². The van der Waals surface area contributed by atoms with E-state index in [-0.39, 0.29) is 62.7 Å². The number of ether oxygens (including phenoxy) is 2. The second kappa shape index (κ2) is 56.9. The number of aliphatic hydroxyl groups excluding tert-OH is 4. The Labute approximate surface area is 814 Å². The first kappa shape index (κ1) is 119. The van der Waals surface area contributed by atoms with Crippen LogP contribution in [0, 0.1) is 19.6 Å². The molecule has 140 heavy (non-hydrogen) atoms. The van der Waals surface area contributed by atoms with Crippen molar-refractivity contribution in [2.45, 2.75) is 332 Å². The van der Waals surface area contributed by atoms with Crippen LogP contribution in [0.5, 0.6) is 0 Å². The standard InChI is InChI=1S/C26H35N3O9.C25H37N3O6.C24H33N3O8.C24H35N3O6/c1-4-21(31)26(3,28-37)22(32)20(30)15-38-25(36)18(13-12-17-9-6-5-7-10-17)27-16(2)23(33)29-14-8-11-19(29)24(34)35;1-5-21(29)25(4,26-34)22(30)16-28(17(2)13-14-19-10-7-6-8-11-19)18(3)23(31)27-15-9-12-20(27)24(32)33;1-15(21(30)27-13-7-10-18(27)22(31)32)25-17(12-11-16-8-5-4-6-9-16)23(33)35-14-19(28)20(29)24(2,3)26-34;1-16(12-13-18-9-6-5-7-10-18)27(15-20(28)21(29)24(3,4)25-33)17(2)22(30)26-14-8-11-19(26)23(31)32/h5-7,9-10,16,18-19,24,27,34-35H,4,8,11-15H2,1-3H3;6-8,10-11,17-18,20,24,32-33H,5,9,12-16H2,1-4H3;4-6,8-9,15,17-18,22,25,31-32H,7,10-14H2,1-3H3;5-7,9-10,16-17,19,23,31-32H,8,11-15H2,1-4H3. The SMILES string of the molecule is CC(CCc1ccccc1)N(CC(=O)C(=O)C(C)(C)N=O)C(C)C(=O)N1CCCC1C(O)O.CC(NC(CCc1ccccc1)C(=O)OCC(=O)C(=O)C(C)(C)N=O)C(=O)N1CCCC1C(O)O.CCC(=O)C(C)(N=O)C(=O)C(=O)COC(=O)C(CCc1ccccc1)NC(C)C(=O)N1CCCC1C(O)O.CCC(=O)C(C)(N=O)C(=O)CN(C(C)CCc1ccccc1)C(C)C(=O)N1CCCC1C(O)O. The Morgan fingerprint density at radius 1 is 0.364 bits per heavy atom. The number of nitrogens with one attached hydrogen (secondary N) is 2. The second-order valence-corrected chi connectivity index (χ2v) is 37.1. The summed E-state index contributed by atoms with van der Waals surface area (Å²) in [7, 11) is 0. The van der Waals surface area contributed by atoms with Gasteiger partial charge in [-0.15, -0.1) is 19.6 Å². The van der Waals surface area contributed by atoms with Gasteiger partial charge < -0.3 is 69.9 Å². The molecule has 10 N–H and O–H groups in total. The summed E-state index contributed by atoms with van der Waals surface area (Å²) in [6.07, 6.45) is 1.53. The van der Waals surface area contributed by atoms with Gasteiger partial charge in [-0.2, -0.15) is 0 Å². The van der Waals surface area contributed by atoms with Gasteiger partial charge in [-0.05, 0) is 218 Å². The Bertz CT molecular complexity index is 4840. The Morgan fingerprint density at radius 2 is 0.636 bits per heavy atom. The molecule has 4 amide bonds. The predicted molar refractivity (Wildman–Crippen MR) is 511 cm³/mol. The Morgan fingerprint density at radius 3 is 0.921 bits per heavy atom. The number of carbonyl (C=O) groups excluding carboxylic acids is 15. The highest BCUT2D eigenvalue weighted by atomic mass is 16.5. The van der Waals surface area contributed by atoms with Crippen molar-refractivity contribution in [3.05, 3.63) is 163 Å². The number of carbonyl (C=O) groups is 15. The minimum Gasteiger partial charge on any atom is -0.456 e. The van der Waals surface area contributed by atoms with E-state index in [1.165, 1.54) is 68.1 Å². The maximum atomic E-state index is 13.4. The first-order chi connectivity index (χ1) is 66.0. The zero-order chi connectivity index (χ0) is 105. The third-order valence-electron chi connectivity index (χ3n) is 26.0. The van der Waals surface area contributed by atoms with Crippen LogP contribution in [0.3, 0.4) is 0 Å². The molecular weight excluding hydrogens is 1820 g/mol. The average molecular weight is 1960 g/mol. The van der Waals surface area contributed by atoms with Gasteiger partial charge in [-0.3, -0.25) is 92.4 Å². The fourth-order valence-corrected chi connectivity index (χ4v) is 17.0. The third kappa shape index (κ3) is 34.0. The number of aryl methyl sites for hydroxylation is 4. The largest absolute Gasteiger partial charge is 0.456 e. The molecule has 0 radical (unpaired) electrons. The Kier molecular flexibility index (Phi) is 48.4. The molecule has 14 atom stereocenters. The highest BCUT2D eigenvalue weighted by Crippen LogP contribution is 2.30. The minimum atomic E-state index is -2.40. The summed E-state index contributed by atoms with van der Waals surface area (Å²) >= 11 is 0. The minimum absolute atomic E-state index is 0.00410. The molecule has 0 bridgehead atoms. The van der Waals surface area contributed by atoms with Crippen LogP contribution in [0.25, 0.3) is 0 Å². The molecule has 4 aromatic carbocycles. The zero-order valence-corrected chi connectivity index (χ0v) is 82.3. The van der Waals surface area contributed by atoms with Gasteiger partial charge in [0, 0.05) is 51.1 Å². The predicted octanol–water partition coefficient (Wildman–Crippen LogP) is 4.70. The number of likely N-dealkylation sites (tertiary alicyclic amines) is 4. The lowest BCUT2D eigenvalue weighted by atomic mass is 9.88. The van der Waals surface area contributed by atoms with Crippen molar-refractivity contribution in [3.63, 3.8) is 0 Å². The van der Waals surface area contributed by atoms with E-state index in [1.807, 2.05) is 135 Å².